The summed E-state index contributed by atoms with van der Waals surface area (Å²) in [5.41, 5.74) is 1.01. The highest BCUT2D eigenvalue weighted by atomic mass is 35.5. The number of carbonyl (C=O) groups excluding carboxylic acids is 1. The third-order valence-corrected chi connectivity index (χ3v) is 5.20. The normalized spacial score (nSPS) is 15.7. The molecule has 156 valence electrons. The fraction of sp³-hybridized carbons (Fsp3) is 0.409. The molecule has 1 unspecified atom stereocenters. The van der Waals surface area contributed by atoms with Crippen molar-refractivity contribution in [1.29, 1.82) is 0 Å². The van der Waals surface area contributed by atoms with Gasteiger partial charge in [0.15, 0.2) is 0 Å². The molecule has 5 nitrogen and oxygen atoms in total. The number of nitrogens with zero attached hydrogens (tertiary/aromatic N) is 1. The van der Waals surface area contributed by atoms with E-state index in [1.165, 1.54) is 12.1 Å². The molecule has 3 rings (SSSR count). The summed E-state index contributed by atoms with van der Waals surface area (Å²) in [5.74, 6) is 0.0867. The molecule has 1 heterocycles. The Labute approximate surface area is 175 Å². The maximum Gasteiger partial charge on any atom is 0.220 e. The first-order chi connectivity index (χ1) is 14.1. The predicted octanol–water partition coefficient (Wildman–Crippen LogP) is 3.83. The van der Waals surface area contributed by atoms with Crippen molar-refractivity contribution in [2.24, 2.45) is 0 Å². The zero-order valence-corrected chi connectivity index (χ0v) is 17.0. The van der Waals surface area contributed by atoms with Crippen LogP contribution in [0.25, 0.3) is 0 Å². The van der Waals surface area contributed by atoms with Crippen LogP contribution in [0.2, 0.25) is 5.02 Å². The molecule has 1 N–H and O–H groups in total. The summed E-state index contributed by atoms with van der Waals surface area (Å²) in [6.45, 7) is 3.78. The van der Waals surface area contributed by atoms with Crippen molar-refractivity contribution >= 4 is 17.5 Å². The van der Waals surface area contributed by atoms with Crippen LogP contribution in [0.1, 0.15) is 24.4 Å². The average molecular weight is 421 g/mol. The van der Waals surface area contributed by atoms with Crippen molar-refractivity contribution in [2.45, 2.75) is 18.9 Å². The highest BCUT2D eigenvalue weighted by molar-refractivity contribution is 6.31. The molecule has 0 spiro atoms. The molecule has 1 aliphatic heterocycles. The van der Waals surface area contributed by atoms with Gasteiger partial charge in [-0.3, -0.25) is 9.69 Å². The molecule has 1 atom stereocenters. The summed E-state index contributed by atoms with van der Waals surface area (Å²) in [4.78, 5) is 14.6. The van der Waals surface area contributed by atoms with Gasteiger partial charge in [-0.15, -0.1) is 0 Å². The molecule has 1 aliphatic rings. The first-order valence-electron chi connectivity index (χ1n) is 9.85. The van der Waals surface area contributed by atoms with Crippen LogP contribution in [-0.4, -0.2) is 50.3 Å². The molecule has 0 saturated carbocycles. The molecule has 1 fully saturated rings. The van der Waals surface area contributed by atoms with Gasteiger partial charge >= 0.3 is 0 Å². The van der Waals surface area contributed by atoms with Crippen LogP contribution in [0.15, 0.2) is 48.5 Å². The zero-order chi connectivity index (χ0) is 20.5. The quantitative estimate of drug-likeness (QED) is 0.626. The third kappa shape index (κ3) is 6.70. The average Bonchev–Trinajstić information content (AvgIpc) is 2.73. The van der Waals surface area contributed by atoms with E-state index in [1.54, 1.807) is 12.1 Å². The van der Waals surface area contributed by atoms with Gasteiger partial charge in [-0.2, -0.15) is 0 Å². The minimum absolute atomic E-state index is 0.0000870. The number of ether oxygens (including phenoxy) is 2. The molecule has 1 saturated heterocycles. The Morgan fingerprint density at radius 3 is 2.76 bits per heavy atom. The van der Waals surface area contributed by atoms with Crippen LogP contribution < -0.4 is 10.1 Å². The Balaban J connectivity index is 1.48. The van der Waals surface area contributed by atoms with Gasteiger partial charge in [0.05, 0.1) is 25.9 Å². The van der Waals surface area contributed by atoms with Crippen molar-refractivity contribution in [3.05, 3.63) is 64.9 Å². The number of halogens is 2. The summed E-state index contributed by atoms with van der Waals surface area (Å²) in [6, 6.07) is 13.7. The van der Waals surface area contributed by atoms with E-state index >= 15 is 0 Å². The van der Waals surface area contributed by atoms with E-state index in [-0.39, 0.29) is 17.8 Å². The number of morpholine rings is 1. The fourth-order valence-electron chi connectivity index (χ4n) is 3.35. The van der Waals surface area contributed by atoms with Crippen LogP contribution in [0, 0.1) is 5.82 Å². The Morgan fingerprint density at radius 2 is 2.00 bits per heavy atom. The molecule has 0 radical (unpaired) electrons. The molecule has 0 aromatic heterocycles. The summed E-state index contributed by atoms with van der Waals surface area (Å²) in [6.07, 6.45) is 0.893. The molecule has 7 heteroatoms. The number of hydrogen-bond donors (Lipinski definition) is 1. The lowest BCUT2D eigenvalue weighted by Gasteiger charge is -2.35. The molecule has 2 aromatic carbocycles. The molecule has 29 heavy (non-hydrogen) atoms. The number of nitrogens with one attached hydrogen (secondary N) is 1. The SMILES string of the molecule is O=C(CCCOc1cccc(F)c1)NCC(c1ccccc1Cl)N1CCOCC1. The van der Waals surface area contributed by atoms with Gasteiger partial charge in [-0.1, -0.05) is 35.9 Å². The molecule has 0 bridgehead atoms. The standard InChI is InChI=1S/C22H26ClFN2O3/c23-20-8-2-1-7-19(20)21(26-10-13-28-14-11-26)16-25-22(27)9-4-12-29-18-6-3-5-17(24)15-18/h1-3,5-8,15,21H,4,9-14,16H2,(H,25,27). The number of carbonyl (C=O) groups is 1. The molecular weight excluding hydrogens is 395 g/mol. The van der Waals surface area contributed by atoms with Crippen molar-refractivity contribution in [1.82, 2.24) is 10.2 Å². The lowest BCUT2D eigenvalue weighted by atomic mass is 10.0. The van der Waals surface area contributed by atoms with E-state index in [0.717, 1.165) is 18.7 Å². The summed E-state index contributed by atoms with van der Waals surface area (Å²) < 4.78 is 24.1. The van der Waals surface area contributed by atoms with Gasteiger partial charge in [0, 0.05) is 37.1 Å². The predicted molar refractivity (Wildman–Crippen MR) is 111 cm³/mol. The number of rotatable bonds is 9. The fourth-order valence-corrected chi connectivity index (χ4v) is 3.61. The van der Waals surface area contributed by atoms with Gasteiger partial charge in [0.1, 0.15) is 11.6 Å². The Kier molecular flexibility index (Phi) is 8.28. The lowest BCUT2D eigenvalue weighted by Crippen LogP contribution is -2.44. The first kappa shape index (κ1) is 21.6. The van der Waals surface area contributed by atoms with E-state index in [2.05, 4.69) is 10.2 Å². The minimum Gasteiger partial charge on any atom is -0.493 e. The van der Waals surface area contributed by atoms with E-state index in [4.69, 9.17) is 21.1 Å². The summed E-state index contributed by atoms with van der Waals surface area (Å²) in [7, 11) is 0. The van der Waals surface area contributed by atoms with Crippen LogP contribution in [-0.2, 0) is 9.53 Å². The maximum absolute atomic E-state index is 13.1. The number of hydrogen-bond acceptors (Lipinski definition) is 4. The van der Waals surface area contributed by atoms with Crippen LogP contribution >= 0.6 is 11.6 Å². The second-order valence-corrected chi connectivity index (χ2v) is 7.31. The van der Waals surface area contributed by atoms with E-state index in [1.807, 2.05) is 24.3 Å². The highest BCUT2D eigenvalue weighted by Crippen LogP contribution is 2.27. The summed E-state index contributed by atoms with van der Waals surface area (Å²) >= 11 is 6.41. The topological polar surface area (TPSA) is 50.8 Å². The lowest BCUT2D eigenvalue weighted by molar-refractivity contribution is -0.121. The number of amides is 1. The van der Waals surface area contributed by atoms with Crippen molar-refractivity contribution in [3.8, 4) is 5.75 Å². The van der Waals surface area contributed by atoms with Gasteiger partial charge in [0.25, 0.3) is 0 Å². The Morgan fingerprint density at radius 1 is 1.21 bits per heavy atom. The monoisotopic (exact) mass is 420 g/mol. The maximum atomic E-state index is 13.1. The highest BCUT2D eigenvalue weighted by Gasteiger charge is 2.24. The van der Waals surface area contributed by atoms with Gasteiger partial charge in [-0.25, -0.2) is 4.39 Å². The van der Waals surface area contributed by atoms with E-state index in [9.17, 15) is 9.18 Å². The largest absolute Gasteiger partial charge is 0.493 e. The minimum atomic E-state index is -0.339. The van der Waals surface area contributed by atoms with E-state index in [0.29, 0.717) is 50.0 Å². The van der Waals surface area contributed by atoms with Crippen molar-refractivity contribution < 1.29 is 18.7 Å². The zero-order valence-electron chi connectivity index (χ0n) is 16.3. The molecule has 2 aromatic rings. The molecule has 1 amide bonds. The smallest absolute Gasteiger partial charge is 0.220 e. The summed E-state index contributed by atoms with van der Waals surface area (Å²) in [5, 5.41) is 3.71. The molecule has 0 aliphatic carbocycles. The Bertz CT molecular complexity index is 799. The van der Waals surface area contributed by atoms with Crippen LogP contribution in [0.5, 0.6) is 5.75 Å². The van der Waals surface area contributed by atoms with Crippen molar-refractivity contribution in [2.75, 3.05) is 39.5 Å². The second kappa shape index (κ2) is 11.1. The Hall–Kier alpha value is -2.15. The van der Waals surface area contributed by atoms with Crippen LogP contribution in [0.3, 0.4) is 0 Å². The first-order valence-corrected chi connectivity index (χ1v) is 10.2. The van der Waals surface area contributed by atoms with Gasteiger partial charge < -0.3 is 14.8 Å². The third-order valence-electron chi connectivity index (χ3n) is 4.86. The van der Waals surface area contributed by atoms with Crippen molar-refractivity contribution in [3.63, 3.8) is 0 Å². The van der Waals surface area contributed by atoms with Gasteiger partial charge in [-0.05, 0) is 30.2 Å². The van der Waals surface area contributed by atoms with Gasteiger partial charge in [0.2, 0.25) is 5.91 Å². The second-order valence-electron chi connectivity index (χ2n) is 6.90. The number of benzene rings is 2. The van der Waals surface area contributed by atoms with Crippen LogP contribution in [0.4, 0.5) is 4.39 Å². The molecular formula is C22H26ClFN2O3. The van der Waals surface area contributed by atoms with E-state index < -0.39 is 0 Å².